The fraction of sp³-hybridized carbons (Fsp3) is 0.304. The zero-order valence-corrected chi connectivity index (χ0v) is 20.2. The van der Waals surface area contributed by atoms with Crippen molar-refractivity contribution in [3.05, 3.63) is 66.4 Å². The Hall–Kier alpha value is -2.62. The van der Waals surface area contributed by atoms with E-state index >= 15 is 0 Å². The number of piperazine rings is 1. The fourth-order valence-electron chi connectivity index (χ4n) is 3.57. The Morgan fingerprint density at radius 3 is 2.41 bits per heavy atom. The van der Waals surface area contributed by atoms with Crippen LogP contribution in [0.3, 0.4) is 0 Å². The summed E-state index contributed by atoms with van der Waals surface area (Å²) in [5, 5.41) is 7.52. The minimum absolute atomic E-state index is 0.104. The van der Waals surface area contributed by atoms with Gasteiger partial charge in [-0.05, 0) is 48.3 Å². The normalized spacial score (nSPS) is 14.4. The van der Waals surface area contributed by atoms with E-state index in [1.807, 2.05) is 71.9 Å². The number of hydrogen-bond donors (Lipinski definition) is 1. The van der Waals surface area contributed by atoms with Gasteiger partial charge in [0, 0.05) is 69.4 Å². The second-order valence-corrected chi connectivity index (χ2v) is 9.61. The molecule has 1 N–H and O–H groups in total. The summed E-state index contributed by atoms with van der Waals surface area (Å²) in [5.74, 6) is 0.940. The van der Waals surface area contributed by atoms with Crippen molar-refractivity contribution in [1.82, 2.24) is 14.1 Å². The Kier molecular flexibility index (Phi) is 7.29. The molecule has 1 fully saturated rings. The maximum Gasteiger partial charge on any atom is 0.257 e. The first-order valence-electron chi connectivity index (χ1n) is 10.5. The molecule has 1 aromatic heterocycles. The van der Waals surface area contributed by atoms with Gasteiger partial charge < -0.3 is 14.5 Å². The molecule has 168 valence electrons. The quantitative estimate of drug-likeness (QED) is 0.521. The highest BCUT2D eigenvalue weighted by molar-refractivity contribution is 7.99. The Labute approximate surface area is 198 Å². The largest absolute Gasteiger partial charge is 0.353 e. The molecule has 0 atom stereocenters. The van der Waals surface area contributed by atoms with Gasteiger partial charge in [0.25, 0.3) is 5.91 Å². The van der Waals surface area contributed by atoms with E-state index in [0.717, 1.165) is 48.3 Å². The molecule has 7 nitrogen and oxygen atoms in total. The van der Waals surface area contributed by atoms with Gasteiger partial charge >= 0.3 is 0 Å². The average molecular weight is 469 g/mol. The third-order valence-corrected chi connectivity index (χ3v) is 7.22. The summed E-state index contributed by atoms with van der Waals surface area (Å²) >= 11 is 3.33. The van der Waals surface area contributed by atoms with E-state index in [1.54, 1.807) is 23.9 Å². The lowest BCUT2D eigenvalue weighted by molar-refractivity contribution is 0.102. The highest BCUT2D eigenvalue weighted by Crippen LogP contribution is 2.28. The van der Waals surface area contributed by atoms with Gasteiger partial charge in [0.15, 0.2) is 5.82 Å². The Bertz CT molecular complexity index is 1050. The van der Waals surface area contributed by atoms with Crippen molar-refractivity contribution in [2.75, 3.05) is 54.0 Å². The molecule has 2 aromatic carbocycles. The van der Waals surface area contributed by atoms with E-state index in [1.165, 1.54) is 0 Å². The molecule has 1 aliphatic rings. The molecule has 0 bridgehead atoms. The van der Waals surface area contributed by atoms with Gasteiger partial charge in [0.1, 0.15) is 0 Å². The van der Waals surface area contributed by atoms with E-state index in [4.69, 9.17) is 0 Å². The molecule has 0 aliphatic carbocycles. The third-order valence-electron chi connectivity index (χ3n) is 5.37. The number of carbonyl (C=O) groups excluding carboxylic acids is 1. The van der Waals surface area contributed by atoms with Crippen LogP contribution in [-0.4, -0.2) is 59.5 Å². The van der Waals surface area contributed by atoms with Crippen molar-refractivity contribution in [2.45, 2.75) is 4.90 Å². The maximum atomic E-state index is 12.8. The average Bonchev–Trinajstić information content (AvgIpc) is 3.26. The van der Waals surface area contributed by atoms with Crippen LogP contribution in [0.25, 0.3) is 0 Å². The lowest BCUT2D eigenvalue weighted by Crippen LogP contribution is -2.43. The second kappa shape index (κ2) is 10.3. The first-order valence-corrected chi connectivity index (χ1v) is 12.4. The molecule has 9 heteroatoms. The summed E-state index contributed by atoms with van der Waals surface area (Å²) in [6.07, 6.45) is 3.97. The highest BCUT2D eigenvalue weighted by atomic mass is 32.2. The van der Waals surface area contributed by atoms with E-state index in [-0.39, 0.29) is 5.91 Å². The van der Waals surface area contributed by atoms with Crippen LogP contribution in [0.5, 0.6) is 0 Å². The lowest BCUT2D eigenvalue weighted by Gasteiger charge is -2.33. The molecule has 3 aromatic rings. The second-order valence-electron chi connectivity index (χ2n) is 7.53. The minimum atomic E-state index is -0.104. The number of nitrogens with one attached hydrogen (secondary N) is 1. The molecular formula is C23H28N6OS2. The molecule has 1 saturated heterocycles. The lowest BCUT2D eigenvalue weighted by atomic mass is 10.1. The molecule has 2 heterocycles. The highest BCUT2D eigenvalue weighted by Gasteiger charge is 2.19. The summed E-state index contributed by atoms with van der Waals surface area (Å²) in [6.45, 7) is 3.86. The van der Waals surface area contributed by atoms with E-state index in [9.17, 15) is 4.79 Å². The van der Waals surface area contributed by atoms with Gasteiger partial charge in [-0.3, -0.25) is 9.48 Å². The Morgan fingerprint density at radius 2 is 1.75 bits per heavy atom. The fourth-order valence-corrected chi connectivity index (χ4v) is 4.82. The maximum absolute atomic E-state index is 12.8. The number of aryl methyl sites for hydroxylation is 1. The number of benzene rings is 2. The van der Waals surface area contributed by atoms with Crippen molar-refractivity contribution in [3.8, 4) is 0 Å². The topological polar surface area (TPSA) is 56.6 Å². The van der Waals surface area contributed by atoms with E-state index in [2.05, 4.69) is 37.8 Å². The van der Waals surface area contributed by atoms with Crippen LogP contribution < -0.4 is 14.5 Å². The predicted molar refractivity (Wildman–Crippen MR) is 136 cm³/mol. The summed E-state index contributed by atoms with van der Waals surface area (Å²) in [6, 6.07) is 17.8. The van der Waals surface area contributed by atoms with Crippen LogP contribution in [-0.2, 0) is 7.05 Å². The van der Waals surface area contributed by atoms with Crippen LogP contribution in [0.2, 0.25) is 0 Å². The molecular weight excluding hydrogens is 440 g/mol. The van der Waals surface area contributed by atoms with Gasteiger partial charge in [0.05, 0.1) is 11.3 Å². The minimum Gasteiger partial charge on any atom is -0.353 e. The molecule has 0 radical (unpaired) electrons. The van der Waals surface area contributed by atoms with Crippen LogP contribution >= 0.6 is 23.9 Å². The first-order chi connectivity index (χ1) is 15.5. The van der Waals surface area contributed by atoms with Crippen LogP contribution in [0, 0.1) is 0 Å². The van der Waals surface area contributed by atoms with Crippen molar-refractivity contribution in [2.24, 2.45) is 7.05 Å². The van der Waals surface area contributed by atoms with Crippen molar-refractivity contribution >= 4 is 47.0 Å². The van der Waals surface area contributed by atoms with Crippen LogP contribution in [0.1, 0.15) is 10.4 Å². The molecule has 0 unspecified atom stereocenters. The number of carbonyl (C=O) groups is 1. The monoisotopic (exact) mass is 468 g/mol. The number of amides is 1. The summed E-state index contributed by atoms with van der Waals surface area (Å²) in [4.78, 5) is 16.3. The summed E-state index contributed by atoms with van der Waals surface area (Å²) in [5.41, 5.74) is 2.35. The molecule has 1 amide bonds. The zero-order valence-electron chi connectivity index (χ0n) is 18.6. The predicted octanol–water partition coefficient (Wildman–Crippen LogP) is 4.22. The number of anilines is 3. The van der Waals surface area contributed by atoms with Gasteiger partial charge in [-0.1, -0.05) is 24.1 Å². The van der Waals surface area contributed by atoms with Gasteiger partial charge in [-0.2, -0.15) is 5.10 Å². The van der Waals surface area contributed by atoms with Crippen molar-refractivity contribution in [3.63, 3.8) is 0 Å². The molecule has 0 saturated carbocycles. The number of rotatable bonds is 7. The molecule has 0 spiro atoms. The van der Waals surface area contributed by atoms with Crippen molar-refractivity contribution < 1.29 is 4.79 Å². The van der Waals surface area contributed by atoms with Crippen molar-refractivity contribution in [1.29, 1.82) is 0 Å². The number of para-hydroxylation sites is 1. The first kappa shape index (κ1) is 22.6. The van der Waals surface area contributed by atoms with E-state index < -0.39 is 0 Å². The number of nitrogens with zero attached hydrogens (tertiary/aromatic N) is 5. The molecule has 1 aliphatic heterocycles. The van der Waals surface area contributed by atoms with E-state index in [0.29, 0.717) is 5.56 Å². The Morgan fingerprint density at radius 1 is 1.03 bits per heavy atom. The zero-order chi connectivity index (χ0) is 22.5. The standard InChI is InChI=1S/C23H28N6OS2/c1-26-13-12-22(25-26)28-14-16-29(17-15-28)32-19-10-8-18(9-11-19)24-23(30)20-6-4-5-7-21(20)27(2)31-3/h4-13H,14-17H2,1-3H3,(H,24,30). The Balaban J connectivity index is 1.32. The van der Waals surface area contributed by atoms with Gasteiger partial charge in [-0.25, -0.2) is 4.31 Å². The number of hydrogen-bond acceptors (Lipinski definition) is 7. The number of aromatic nitrogens is 2. The smallest absolute Gasteiger partial charge is 0.257 e. The van der Waals surface area contributed by atoms with Gasteiger partial charge in [0.2, 0.25) is 0 Å². The SMILES string of the molecule is CSN(C)c1ccccc1C(=O)Nc1ccc(SN2CCN(c3ccn(C)n3)CC2)cc1. The molecule has 32 heavy (non-hydrogen) atoms. The molecule has 4 rings (SSSR count). The van der Waals surface area contributed by atoms with Crippen LogP contribution in [0.15, 0.2) is 65.7 Å². The van der Waals surface area contributed by atoms with Crippen LogP contribution in [0.4, 0.5) is 17.2 Å². The summed E-state index contributed by atoms with van der Waals surface area (Å²) < 4.78 is 6.21. The third kappa shape index (κ3) is 5.40. The van der Waals surface area contributed by atoms with Gasteiger partial charge in [-0.15, -0.1) is 0 Å². The summed E-state index contributed by atoms with van der Waals surface area (Å²) in [7, 11) is 3.90.